The lowest BCUT2D eigenvalue weighted by Gasteiger charge is -2.19. The Morgan fingerprint density at radius 1 is 0.857 bits per heavy atom. The SMILES string of the molecule is CC(=O)c1ccc(CCCC(C)c2ccc(C(=O)N(C)C)cc2)c(-c2cc(N)ccc2C(C)C)c1. The molecule has 184 valence electrons. The van der Waals surface area contributed by atoms with E-state index >= 15 is 0 Å². The third kappa shape index (κ3) is 6.39. The summed E-state index contributed by atoms with van der Waals surface area (Å²) in [6, 6.07) is 20.1. The van der Waals surface area contributed by atoms with Crippen molar-refractivity contribution < 1.29 is 9.59 Å². The topological polar surface area (TPSA) is 63.4 Å². The number of hydrogen-bond acceptors (Lipinski definition) is 3. The van der Waals surface area contributed by atoms with Crippen molar-refractivity contribution in [2.24, 2.45) is 0 Å². The molecule has 1 amide bonds. The minimum Gasteiger partial charge on any atom is -0.399 e. The quantitative estimate of drug-likeness (QED) is 0.268. The predicted molar refractivity (Wildman–Crippen MR) is 146 cm³/mol. The average molecular weight is 471 g/mol. The molecular formula is C31H38N2O2. The van der Waals surface area contributed by atoms with Crippen LogP contribution in [0.25, 0.3) is 11.1 Å². The highest BCUT2D eigenvalue weighted by Crippen LogP contribution is 2.35. The van der Waals surface area contributed by atoms with Crippen LogP contribution in [0.5, 0.6) is 0 Å². The van der Waals surface area contributed by atoms with Crippen LogP contribution >= 0.6 is 0 Å². The third-order valence-electron chi connectivity index (χ3n) is 6.72. The van der Waals surface area contributed by atoms with E-state index in [1.807, 2.05) is 36.4 Å². The van der Waals surface area contributed by atoms with E-state index in [1.54, 1.807) is 25.9 Å². The van der Waals surface area contributed by atoms with Gasteiger partial charge in [0.15, 0.2) is 5.78 Å². The zero-order valence-electron chi connectivity index (χ0n) is 21.9. The van der Waals surface area contributed by atoms with Gasteiger partial charge in [0.1, 0.15) is 0 Å². The Balaban J connectivity index is 1.81. The second kappa shape index (κ2) is 11.4. The van der Waals surface area contributed by atoms with E-state index in [0.717, 1.165) is 41.6 Å². The Labute approximate surface area is 210 Å². The van der Waals surface area contributed by atoms with Gasteiger partial charge in [0.2, 0.25) is 0 Å². The maximum Gasteiger partial charge on any atom is 0.253 e. The second-order valence-electron chi connectivity index (χ2n) is 10.0. The van der Waals surface area contributed by atoms with Crippen LogP contribution in [0.15, 0.2) is 60.7 Å². The number of carbonyl (C=O) groups excluding carboxylic acids is 2. The second-order valence-corrected chi connectivity index (χ2v) is 10.0. The largest absolute Gasteiger partial charge is 0.399 e. The Bertz CT molecular complexity index is 1190. The van der Waals surface area contributed by atoms with Crippen LogP contribution in [0, 0.1) is 0 Å². The van der Waals surface area contributed by atoms with Gasteiger partial charge in [-0.05, 0) is 96.2 Å². The van der Waals surface area contributed by atoms with Crippen LogP contribution in [-0.2, 0) is 6.42 Å². The van der Waals surface area contributed by atoms with Crippen LogP contribution in [0.1, 0.15) is 89.8 Å². The maximum atomic E-state index is 12.2. The van der Waals surface area contributed by atoms with Crippen LogP contribution in [0.4, 0.5) is 5.69 Å². The van der Waals surface area contributed by atoms with Gasteiger partial charge < -0.3 is 10.6 Å². The molecule has 4 nitrogen and oxygen atoms in total. The Morgan fingerprint density at radius 3 is 2.11 bits per heavy atom. The van der Waals surface area contributed by atoms with E-state index in [4.69, 9.17) is 5.73 Å². The van der Waals surface area contributed by atoms with E-state index in [-0.39, 0.29) is 11.7 Å². The van der Waals surface area contributed by atoms with Crippen LogP contribution in [0.2, 0.25) is 0 Å². The minimum absolute atomic E-state index is 0.0213. The molecule has 0 aliphatic carbocycles. The zero-order valence-corrected chi connectivity index (χ0v) is 21.9. The molecule has 0 bridgehead atoms. The lowest BCUT2D eigenvalue weighted by Crippen LogP contribution is -2.21. The molecule has 0 aliphatic heterocycles. The number of hydrogen-bond donors (Lipinski definition) is 1. The molecule has 0 heterocycles. The number of nitrogens with zero attached hydrogens (tertiary/aromatic N) is 1. The highest BCUT2D eigenvalue weighted by molar-refractivity contribution is 5.96. The summed E-state index contributed by atoms with van der Waals surface area (Å²) in [6.07, 6.45) is 2.97. The molecule has 0 fully saturated rings. The van der Waals surface area contributed by atoms with Crippen molar-refractivity contribution in [2.75, 3.05) is 19.8 Å². The number of aryl methyl sites for hydroxylation is 1. The number of amides is 1. The van der Waals surface area contributed by atoms with Gasteiger partial charge in [-0.1, -0.05) is 51.1 Å². The highest BCUT2D eigenvalue weighted by Gasteiger charge is 2.16. The number of nitrogen functional groups attached to an aromatic ring is 1. The fourth-order valence-electron chi connectivity index (χ4n) is 4.55. The maximum absolute atomic E-state index is 12.2. The average Bonchev–Trinajstić information content (AvgIpc) is 2.83. The Morgan fingerprint density at radius 2 is 1.51 bits per heavy atom. The summed E-state index contributed by atoms with van der Waals surface area (Å²) in [5.41, 5.74) is 14.3. The summed E-state index contributed by atoms with van der Waals surface area (Å²) in [5, 5.41) is 0. The van der Waals surface area contributed by atoms with Crippen molar-refractivity contribution in [3.8, 4) is 11.1 Å². The summed E-state index contributed by atoms with van der Waals surface area (Å²) in [5.74, 6) is 0.824. The van der Waals surface area contributed by atoms with E-state index in [1.165, 1.54) is 16.7 Å². The molecule has 4 heteroatoms. The number of nitrogens with two attached hydrogens (primary N) is 1. The molecule has 1 unspecified atom stereocenters. The van der Waals surface area contributed by atoms with E-state index < -0.39 is 0 Å². The van der Waals surface area contributed by atoms with Crippen molar-refractivity contribution in [1.82, 2.24) is 4.90 Å². The zero-order chi connectivity index (χ0) is 25.7. The summed E-state index contributed by atoms with van der Waals surface area (Å²) in [7, 11) is 3.54. The van der Waals surface area contributed by atoms with Crippen molar-refractivity contribution >= 4 is 17.4 Å². The molecule has 3 rings (SSSR count). The lowest BCUT2D eigenvalue weighted by molar-refractivity contribution is 0.0827. The molecule has 0 aliphatic rings. The molecule has 2 N–H and O–H groups in total. The highest BCUT2D eigenvalue weighted by atomic mass is 16.2. The van der Waals surface area contributed by atoms with Gasteiger partial charge in [0.25, 0.3) is 5.91 Å². The summed E-state index contributed by atoms with van der Waals surface area (Å²) in [4.78, 5) is 25.9. The van der Waals surface area contributed by atoms with Gasteiger partial charge in [0.05, 0.1) is 0 Å². The number of ketones is 1. The van der Waals surface area contributed by atoms with Gasteiger partial charge in [-0.3, -0.25) is 9.59 Å². The summed E-state index contributed by atoms with van der Waals surface area (Å²) < 4.78 is 0. The summed E-state index contributed by atoms with van der Waals surface area (Å²) in [6.45, 7) is 8.21. The molecule has 0 spiro atoms. The van der Waals surface area contributed by atoms with Crippen molar-refractivity contribution in [2.45, 2.75) is 58.8 Å². The van der Waals surface area contributed by atoms with Crippen LogP contribution < -0.4 is 5.73 Å². The first-order chi connectivity index (χ1) is 16.6. The van der Waals surface area contributed by atoms with Crippen molar-refractivity contribution in [3.63, 3.8) is 0 Å². The third-order valence-corrected chi connectivity index (χ3v) is 6.72. The number of Topliss-reactive ketones (excluding diaryl/α,β-unsaturated/α-hetero) is 1. The molecular weight excluding hydrogens is 432 g/mol. The first-order valence-electron chi connectivity index (χ1n) is 12.4. The van der Waals surface area contributed by atoms with Gasteiger partial charge in [-0.15, -0.1) is 0 Å². The van der Waals surface area contributed by atoms with E-state index in [2.05, 4.69) is 45.0 Å². The monoisotopic (exact) mass is 470 g/mol. The summed E-state index contributed by atoms with van der Waals surface area (Å²) >= 11 is 0. The van der Waals surface area contributed by atoms with Gasteiger partial charge in [0, 0.05) is 30.9 Å². The molecule has 3 aromatic carbocycles. The molecule has 1 atom stereocenters. The molecule has 0 radical (unpaired) electrons. The van der Waals surface area contributed by atoms with Crippen LogP contribution in [-0.4, -0.2) is 30.7 Å². The predicted octanol–water partition coefficient (Wildman–Crippen LogP) is 7.09. The van der Waals surface area contributed by atoms with Crippen LogP contribution in [0.3, 0.4) is 0 Å². The Kier molecular flexibility index (Phi) is 8.50. The van der Waals surface area contributed by atoms with Crippen molar-refractivity contribution in [3.05, 3.63) is 88.5 Å². The number of anilines is 1. The number of rotatable bonds is 9. The van der Waals surface area contributed by atoms with Gasteiger partial charge >= 0.3 is 0 Å². The number of carbonyl (C=O) groups is 2. The minimum atomic E-state index is 0.0213. The van der Waals surface area contributed by atoms with E-state index in [0.29, 0.717) is 17.4 Å². The lowest BCUT2D eigenvalue weighted by atomic mass is 9.86. The van der Waals surface area contributed by atoms with Gasteiger partial charge in [-0.2, -0.15) is 0 Å². The smallest absolute Gasteiger partial charge is 0.253 e. The Hall–Kier alpha value is -3.40. The first-order valence-corrected chi connectivity index (χ1v) is 12.4. The fraction of sp³-hybridized carbons (Fsp3) is 0.355. The first kappa shape index (κ1) is 26.2. The molecule has 0 saturated carbocycles. The molecule has 0 saturated heterocycles. The molecule has 3 aromatic rings. The standard InChI is InChI=1S/C31H38N2O2/c1-20(2)28-17-16-27(32)19-30(28)29-18-26(22(4)34)15-12-24(29)9-7-8-21(3)23-10-13-25(14-11-23)31(35)33(5)6/h10-21H,7-9,32H2,1-6H3. The van der Waals surface area contributed by atoms with Gasteiger partial charge in [-0.25, -0.2) is 0 Å². The fourth-order valence-corrected chi connectivity index (χ4v) is 4.55. The normalized spacial score (nSPS) is 12.0. The number of benzene rings is 3. The molecule has 0 aromatic heterocycles. The van der Waals surface area contributed by atoms with E-state index in [9.17, 15) is 9.59 Å². The molecule has 35 heavy (non-hydrogen) atoms. The van der Waals surface area contributed by atoms with Crippen molar-refractivity contribution in [1.29, 1.82) is 0 Å².